The molecule has 0 bridgehead atoms. The van der Waals surface area contributed by atoms with Crippen LogP contribution in [0.15, 0.2) is 71.7 Å². The van der Waals surface area contributed by atoms with Gasteiger partial charge in [-0.15, -0.1) is 0 Å². The number of fused-ring (bicyclic) bond motifs is 1. The van der Waals surface area contributed by atoms with E-state index in [1.54, 1.807) is 32.4 Å². The standard InChI is InChI=1S/C25H23NO4/c1-28-22-11-8-19(15-23(22)29-2)25(27)24-21-10-9-20(14-18(21)12-13-26-24)30-16-17-6-4-3-5-7-17/h3-11,14-15H,12-13,16H2,1-2H3. The van der Waals surface area contributed by atoms with Gasteiger partial charge in [0.25, 0.3) is 0 Å². The molecule has 5 heteroatoms. The monoisotopic (exact) mass is 401 g/mol. The molecule has 0 amide bonds. The molecule has 0 aliphatic carbocycles. The van der Waals surface area contributed by atoms with E-state index in [-0.39, 0.29) is 5.78 Å². The van der Waals surface area contributed by atoms with Crippen LogP contribution in [0.25, 0.3) is 0 Å². The van der Waals surface area contributed by atoms with Crippen LogP contribution >= 0.6 is 0 Å². The van der Waals surface area contributed by atoms with Crippen molar-refractivity contribution in [3.05, 3.63) is 89.0 Å². The van der Waals surface area contributed by atoms with Gasteiger partial charge >= 0.3 is 0 Å². The summed E-state index contributed by atoms with van der Waals surface area (Å²) in [6, 6.07) is 21.0. The number of hydrogen-bond donors (Lipinski definition) is 0. The fourth-order valence-corrected chi connectivity index (χ4v) is 3.52. The number of carbonyl (C=O) groups excluding carboxylic acids is 1. The van der Waals surface area contributed by atoms with Crippen LogP contribution in [0.4, 0.5) is 0 Å². The lowest BCUT2D eigenvalue weighted by Gasteiger charge is -2.18. The molecule has 0 unspecified atom stereocenters. The van der Waals surface area contributed by atoms with Crippen LogP contribution in [-0.4, -0.2) is 32.3 Å². The Morgan fingerprint density at radius 3 is 2.50 bits per heavy atom. The van der Waals surface area contributed by atoms with E-state index in [1.165, 1.54) is 0 Å². The van der Waals surface area contributed by atoms with Gasteiger partial charge in [0, 0.05) is 17.7 Å². The summed E-state index contributed by atoms with van der Waals surface area (Å²) in [7, 11) is 3.12. The van der Waals surface area contributed by atoms with Crippen molar-refractivity contribution >= 4 is 11.5 Å². The van der Waals surface area contributed by atoms with E-state index < -0.39 is 0 Å². The molecule has 0 saturated carbocycles. The fraction of sp³-hybridized carbons (Fsp3) is 0.200. The number of aliphatic imine (C=N–C) groups is 1. The van der Waals surface area contributed by atoms with Gasteiger partial charge in [0.15, 0.2) is 11.5 Å². The van der Waals surface area contributed by atoms with E-state index in [4.69, 9.17) is 14.2 Å². The molecule has 1 aliphatic heterocycles. The van der Waals surface area contributed by atoms with Crippen molar-refractivity contribution in [3.63, 3.8) is 0 Å². The van der Waals surface area contributed by atoms with Crippen LogP contribution in [0, 0.1) is 0 Å². The van der Waals surface area contributed by atoms with Gasteiger partial charge in [-0.05, 0) is 53.9 Å². The zero-order valence-corrected chi connectivity index (χ0v) is 17.1. The molecule has 4 rings (SSSR count). The van der Waals surface area contributed by atoms with Gasteiger partial charge in [-0.25, -0.2) is 0 Å². The molecule has 0 atom stereocenters. The molecule has 30 heavy (non-hydrogen) atoms. The molecule has 1 aliphatic rings. The maximum Gasteiger partial charge on any atom is 0.211 e. The largest absolute Gasteiger partial charge is 0.493 e. The lowest BCUT2D eigenvalue weighted by molar-refractivity contribution is 0.106. The normalized spacial score (nSPS) is 12.5. The number of benzene rings is 3. The lowest BCUT2D eigenvalue weighted by Crippen LogP contribution is -2.22. The first-order valence-electron chi connectivity index (χ1n) is 9.81. The van der Waals surface area contributed by atoms with Gasteiger partial charge in [0.05, 0.1) is 14.2 Å². The second-order valence-electron chi connectivity index (χ2n) is 6.97. The Morgan fingerprint density at radius 1 is 0.933 bits per heavy atom. The first-order chi connectivity index (χ1) is 14.7. The predicted octanol–water partition coefficient (Wildman–Crippen LogP) is 4.51. The maximum absolute atomic E-state index is 13.2. The van der Waals surface area contributed by atoms with Crippen LogP contribution in [0.5, 0.6) is 17.2 Å². The Morgan fingerprint density at radius 2 is 1.73 bits per heavy atom. The zero-order chi connectivity index (χ0) is 20.9. The Hall–Kier alpha value is -3.60. The number of methoxy groups -OCH3 is 2. The van der Waals surface area contributed by atoms with Crippen molar-refractivity contribution < 1.29 is 19.0 Å². The Kier molecular flexibility index (Phi) is 5.80. The van der Waals surface area contributed by atoms with Crippen LogP contribution < -0.4 is 14.2 Å². The van der Waals surface area contributed by atoms with Gasteiger partial charge in [-0.3, -0.25) is 9.79 Å². The van der Waals surface area contributed by atoms with Crippen molar-refractivity contribution in [3.8, 4) is 17.2 Å². The molecule has 152 valence electrons. The van der Waals surface area contributed by atoms with Crippen molar-refractivity contribution in [1.29, 1.82) is 0 Å². The number of ketones is 1. The van der Waals surface area contributed by atoms with Crippen molar-refractivity contribution in [1.82, 2.24) is 0 Å². The Labute approximate surface area is 175 Å². The van der Waals surface area contributed by atoms with Gasteiger partial charge in [0.2, 0.25) is 5.78 Å². The van der Waals surface area contributed by atoms with Crippen LogP contribution in [-0.2, 0) is 13.0 Å². The molecule has 0 aromatic heterocycles. The third-order valence-corrected chi connectivity index (χ3v) is 5.09. The van der Waals surface area contributed by atoms with Crippen LogP contribution in [0.3, 0.4) is 0 Å². The first-order valence-corrected chi connectivity index (χ1v) is 9.81. The summed E-state index contributed by atoms with van der Waals surface area (Å²) in [5, 5.41) is 0. The summed E-state index contributed by atoms with van der Waals surface area (Å²) >= 11 is 0. The van der Waals surface area contributed by atoms with Crippen LogP contribution in [0.2, 0.25) is 0 Å². The minimum atomic E-state index is -0.130. The molecule has 0 saturated heterocycles. The number of Topliss-reactive ketones (excluding diaryl/α,β-unsaturated/α-hetero) is 1. The summed E-state index contributed by atoms with van der Waals surface area (Å²) in [6.45, 7) is 1.08. The van der Waals surface area contributed by atoms with E-state index in [0.717, 1.165) is 28.9 Å². The second-order valence-corrected chi connectivity index (χ2v) is 6.97. The first kappa shape index (κ1) is 19.7. The minimum absolute atomic E-state index is 0.130. The smallest absolute Gasteiger partial charge is 0.211 e. The highest BCUT2D eigenvalue weighted by Crippen LogP contribution is 2.29. The molecule has 0 N–H and O–H groups in total. The van der Waals surface area contributed by atoms with E-state index >= 15 is 0 Å². The van der Waals surface area contributed by atoms with Gasteiger partial charge in [0.1, 0.15) is 18.1 Å². The number of nitrogens with zero attached hydrogens (tertiary/aromatic N) is 1. The zero-order valence-electron chi connectivity index (χ0n) is 17.1. The van der Waals surface area contributed by atoms with Gasteiger partial charge in [-0.2, -0.15) is 0 Å². The fourth-order valence-electron chi connectivity index (χ4n) is 3.52. The quantitative estimate of drug-likeness (QED) is 0.547. The third kappa shape index (κ3) is 4.06. The molecular formula is C25H23NO4. The van der Waals surface area contributed by atoms with Gasteiger partial charge < -0.3 is 14.2 Å². The minimum Gasteiger partial charge on any atom is -0.493 e. The summed E-state index contributed by atoms with van der Waals surface area (Å²) in [5.74, 6) is 1.76. The SMILES string of the molecule is COc1ccc(C(=O)C2=NCCc3cc(OCc4ccccc4)ccc32)cc1OC. The number of carbonyl (C=O) groups is 1. The van der Waals surface area contributed by atoms with Crippen molar-refractivity contribution in [2.24, 2.45) is 4.99 Å². The van der Waals surface area contributed by atoms with E-state index in [9.17, 15) is 4.79 Å². The second kappa shape index (κ2) is 8.82. The van der Waals surface area contributed by atoms with E-state index in [2.05, 4.69) is 4.99 Å². The molecule has 3 aromatic rings. The van der Waals surface area contributed by atoms with Crippen molar-refractivity contribution in [2.75, 3.05) is 20.8 Å². The number of ether oxygens (including phenoxy) is 3. The molecule has 3 aromatic carbocycles. The highest BCUT2D eigenvalue weighted by atomic mass is 16.5. The molecule has 0 spiro atoms. The average Bonchev–Trinajstić information content (AvgIpc) is 2.81. The third-order valence-electron chi connectivity index (χ3n) is 5.09. The topological polar surface area (TPSA) is 57.1 Å². The molecule has 0 fully saturated rings. The summed E-state index contributed by atoms with van der Waals surface area (Å²) < 4.78 is 16.5. The van der Waals surface area contributed by atoms with Gasteiger partial charge in [-0.1, -0.05) is 30.3 Å². The number of hydrogen-bond acceptors (Lipinski definition) is 5. The molecule has 0 radical (unpaired) electrons. The Balaban J connectivity index is 1.56. The average molecular weight is 401 g/mol. The summed E-state index contributed by atoms with van der Waals surface area (Å²) in [4.78, 5) is 17.7. The predicted molar refractivity (Wildman–Crippen MR) is 116 cm³/mol. The highest BCUT2D eigenvalue weighted by molar-refractivity contribution is 6.52. The summed E-state index contributed by atoms with van der Waals surface area (Å²) in [6.07, 6.45) is 0.778. The number of rotatable bonds is 7. The Bertz CT molecular complexity index is 1090. The van der Waals surface area contributed by atoms with E-state index in [0.29, 0.717) is 35.9 Å². The van der Waals surface area contributed by atoms with E-state index in [1.807, 2.05) is 48.5 Å². The molecule has 5 nitrogen and oxygen atoms in total. The maximum atomic E-state index is 13.2. The molecule has 1 heterocycles. The van der Waals surface area contributed by atoms with Crippen LogP contribution in [0.1, 0.15) is 27.0 Å². The molecular weight excluding hydrogens is 378 g/mol. The van der Waals surface area contributed by atoms with Crippen molar-refractivity contribution in [2.45, 2.75) is 13.0 Å². The summed E-state index contributed by atoms with van der Waals surface area (Å²) in [5.41, 5.74) is 4.02. The lowest BCUT2D eigenvalue weighted by atomic mass is 9.92. The highest BCUT2D eigenvalue weighted by Gasteiger charge is 2.23.